The normalized spacial score (nSPS) is 12.6. The van der Waals surface area contributed by atoms with E-state index in [-0.39, 0.29) is 6.04 Å². The molecule has 1 heterocycles. The van der Waals surface area contributed by atoms with Crippen molar-refractivity contribution in [3.63, 3.8) is 0 Å². The van der Waals surface area contributed by atoms with E-state index in [0.29, 0.717) is 0 Å². The van der Waals surface area contributed by atoms with Gasteiger partial charge in [0.2, 0.25) is 0 Å². The van der Waals surface area contributed by atoms with Gasteiger partial charge in [0.15, 0.2) is 0 Å². The molecule has 0 saturated heterocycles. The quantitative estimate of drug-likeness (QED) is 0.891. The van der Waals surface area contributed by atoms with Gasteiger partial charge in [0.05, 0.1) is 11.7 Å². The molecule has 2 rings (SSSR count). The first-order valence-electron chi connectivity index (χ1n) is 6.94. The Labute approximate surface area is 115 Å². The Morgan fingerprint density at radius 2 is 2.05 bits per heavy atom. The lowest BCUT2D eigenvalue weighted by atomic mass is 9.95. The van der Waals surface area contributed by atoms with Gasteiger partial charge in [0, 0.05) is 12.7 Å². The van der Waals surface area contributed by atoms with Crippen molar-refractivity contribution in [2.45, 2.75) is 39.8 Å². The number of aromatic nitrogens is 2. The van der Waals surface area contributed by atoms with Crippen molar-refractivity contribution in [2.24, 2.45) is 0 Å². The lowest BCUT2D eigenvalue weighted by Gasteiger charge is -2.21. The van der Waals surface area contributed by atoms with E-state index in [0.717, 1.165) is 13.0 Å². The van der Waals surface area contributed by atoms with Crippen LogP contribution in [0.25, 0.3) is 0 Å². The van der Waals surface area contributed by atoms with Crippen LogP contribution in [0.4, 0.5) is 0 Å². The van der Waals surface area contributed by atoms with E-state index in [1.807, 2.05) is 13.2 Å². The second kappa shape index (κ2) is 6.02. The summed E-state index contributed by atoms with van der Waals surface area (Å²) < 4.78 is 2.10. The van der Waals surface area contributed by atoms with Gasteiger partial charge in [-0.1, -0.05) is 25.1 Å². The maximum Gasteiger partial charge on any atom is 0.0748 e. The Balaban J connectivity index is 2.44. The summed E-state index contributed by atoms with van der Waals surface area (Å²) in [6.07, 6.45) is 2.98. The summed E-state index contributed by atoms with van der Waals surface area (Å²) in [5.41, 5.74) is 5.25. The van der Waals surface area contributed by atoms with Crippen molar-refractivity contribution in [1.82, 2.24) is 15.1 Å². The van der Waals surface area contributed by atoms with Crippen LogP contribution in [0.5, 0.6) is 0 Å². The number of benzene rings is 1. The Kier molecular flexibility index (Phi) is 4.38. The molecule has 0 aliphatic rings. The highest BCUT2D eigenvalue weighted by Crippen LogP contribution is 2.26. The highest BCUT2D eigenvalue weighted by atomic mass is 15.3. The molecule has 0 radical (unpaired) electrons. The summed E-state index contributed by atoms with van der Waals surface area (Å²) in [4.78, 5) is 0. The molecule has 1 atom stereocenters. The Morgan fingerprint density at radius 1 is 1.26 bits per heavy atom. The molecule has 0 spiro atoms. The maximum absolute atomic E-state index is 4.43. The average molecular weight is 257 g/mol. The number of aryl methyl sites for hydroxylation is 2. The highest BCUT2D eigenvalue weighted by Gasteiger charge is 2.18. The Bertz CT molecular complexity index is 543. The smallest absolute Gasteiger partial charge is 0.0748 e. The van der Waals surface area contributed by atoms with Crippen LogP contribution in [0.2, 0.25) is 0 Å². The molecule has 1 unspecified atom stereocenters. The fraction of sp³-hybridized carbons (Fsp3) is 0.438. The van der Waals surface area contributed by atoms with Crippen molar-refractivity contribution >= 4 is 0 Å². The molecule has 1 aromatic carbocycles. The number of nitrogens with zero attached hydrogens (tertiary/aromatic N) is 2. The number of hydrogen-bond donors (Lipinski definition) is 1. The first kappa shape index (κ1) is 13.8. The van der Waals surface area contributed by atoms with Gasteiger partial charge in [0.25, 0.3) is 0 Å². The van der Waals surface area contributed by atoms with Crippen molar-refractivity contribution in [1.29, 1.82) is 0 Å². The predicted molar refractivity (Wildman–Crippen MR) is 79.3 cm³/mol. The molecule has 0 fully saturated rings. The summed E-state index contributed by atoms with van der Waals surface area (Å²) in [6.45, 7) is 7.49. The Morgan fingerprint density at radius 3 is 2.74 bits per heavy atom. The molecular weight excluding hydrogens is 234 g/mol. The van der Waals surface area contributed by atoms with Crippen molar-refractivity contribution in [3.05, 3.63) is 52.8 Å². The molecule has 3 nitrogen and oxygen atoms in total. The van der Waals surface area contributed by atoms with E-state index in [1.165, 1.54) is 22.4 Å². The van der Waals surface area contributed by atoms with Crippen molar-refractivity contribution in [2.75, 3.05) is 7.05 Å². The highest BCUT2D eigenvalue weighted by molar-refractivity contribution is 5.39. The molecule has 0 saturated carbocycles. The molecule has 0 amide bonds. The largest absolute Gasteiger partial charge is 0.308 e. The van der Waals surface area contributed by atoms with Gasteiger partial charge in [-0.15, -0.1) is 0 Å². The van der Waals surface area contributed by atoms with Gasteiger partial charge >= 0.3 is 0 Å². The minimum atomic E-state index is 0.203. The molecule has 0 aliphatic carbocycles. The van der Waals surface area contributed by atoms with Gasteiger partial charge in [-0.05, 0) is 50.1 Å². The van der Waals surface area contributed by atoms with Gasteiger partial charge in [0.1, 0.15) is 0 Å². The van der Waals surface area contributed by atoms with Crippen LogP contribution in [-0.4, -0.2) is 16.8 Å². The summed E-state index contributed by atoms with van der Waals surface area (Å²) in [7, 11) is 2.01. The molecule has 1 aromatic heterocycles. The summed E-state index contributed by atoms with van der Waals surface area (Å²) in [5.74, 6) is 0. The van der Waals surface area contributed by atoms with E-state index in [2.05, 4.69) is 60.1 Å². The third-order valence-electron chi connectivity index (χ3n) is 3.73. The molecular formula is C16H23N3. The molecule has 19 heavy (non-hydrogen) atoms. The third-order valence-corrected chi connectivity index (χ3v) is 3.73. The van der Waals surface area contributed by atoms with E-state index in [9.17, 15) is 0 Å². The molecule has 2 aromatic rings. The van der Waals surface area contributed by atoms with Gasteiger partial charge in [-0.2, -0.15) is 5.10 Å². The van der Waals surface area contributed by atoms with Crippen LogP contribution in [0.1, 0.15) is 41.8 Å². The fourth-order valence-electron chi connectivity index (χ4n) is 2.54. The van der Waals surface area contributed by atoms with E-state index in [1.54, 1.807) is 0 Å². The third kappa shape index (κ3) is 2.71. The zero-order valence-electron chi connectivity index (χ0n) is 12.3. The summed E-state index contributed by atoms with van der Waals surface area (Å²) in [5, 5.41) is 7.86. The molecule has 0 bridgehead atoms. The summed E-state index contributed by atoms with van der Waals surface area (Å²) in [6, 6.07) is 8.80. The van der Waals surface area contributed by atoms with Crippen LogP contribution < -0.4 is 5.32 Å². The lowest BCUT2D eigenvalue weighted by molar-refractivity contribution is 0.533. The maximum atomic E-state index is 4.43. The monoisotopic (exact) mass is 257 g/mol. The number of hydrogen-bond acceptors (Lipinski definition) is 2. The Hall–Kier alpha value is -1.61. The van der Waals surface area contributed by atoms with E-state index >= 15 is 0 Å². The molecule has 3 heteroatoms. The first-order chi connectivity index (χ1) is 9.19. The number of rotatable bonds is 5. The van der Waals surface area contributed by atoms with Gasteiger partial charge < -0.3 is 5.32 Å². The zero-order valence-corrected chi connectivity index (χ0v) is 12.3. The van der Waals surface area contributed by atoms with Gasteiger partial charge in [-0.25, -0.2) is 0 Å². The lowest BCUT2D eigenvalue weighted by Crippen LogP contribution is -2.22. The summed E-state index contributed by atoms with van der Waals surface area (Å²) >= 11 is 0. The first-order valence-corrected chi connectivity index (χ1v) is 6.94. The SMILES string of the molecule is CCCn1nccc1C(NC)c1cccc(C)c1C. The van der Waals surface area contributed by atoms with Crippen LogP contribution in [0, 0.1) is 13.8 Å². The molecule has 0 aliphatic heterocycles. The van der Waals surface area contributed by atoms with Crippen LogP contribution >= 0.6 is 0 Å². The van der Waals surface area contributed by atoms with Gasteiger partial charge in [-0.3, -0.25) is 4.68 Å². The minimum Gasteiger partial charge on any atom is -0.308 e. The second-order valence-corrected chi connectivity index (χ2v) is 4.99. The van der Waals surface area contributed by atoms with E-state index < -0.39 is 0 Å². The second-order valence-electron chi connectivity index (χ2n) is 4.99. The van der Waals surface area contributed by atoms with Crippen molar-refractivity contribution in [3.8, 4) is 0 Å². The van der Waals surface area contributed by atoms with E-state index in [4.69, 9.17) is 0 Å². The molecule has 102 valence electrons. The van der Waals surface area contributed by atoms with Crippen molar-refractivity contribution < 1.29 is 0 Å². The van der Waals surface area contributed by atoms with Crippen LogP contribution in [-0.2, 0) is 6.54 Å². The topological polar surface area (TPSA) is 29.9 Å². The number of nitrogens with one attached hydrogen (secondary N) is 1. The minimum absolute atomic E-state index is 0.203. The molecule has 1 N–H and O–H groups in total. The van der Waals surface area contributed by atoms with Crippen LogP contribution in [0.15, 0.2) is 30.5 Å². The predicted octanol–water partition coefficient (Wildman–Crippen LogP) is 3.22. The van der Waals surface area contributed by atoms with Crippen LogP contribution in [0.3, 0.4) is 0 Å². The average Bonchev–Trinajstić information content (AvgIpc) is 2.84. The zero-order chi connectivity index (χ0) is 13.8. The fourth-order valence-corrected chi connectivity index (χ4v) is 2.54. The standard InChI is InChI=1S/C16H23N3/c1-5-11-19-15(9-10-18-19)16(17-4)14-8-6-7-12(2)13(14)3/h6-10,16-17H,5,11H2,1-4H3.